The highest BCUT2D eigenvalue weighted by atomic mass is 16.5. The molecule has 0 unspecified atom stereocenters. The van der Waals surface area contributed by atoms with Crippen LogP contribution in [0, 0.1) is 6.92 Å². The number of hydrogen-bond acceptors (Lipinski definition) is 6. The molecule has 1 atom stereocenters. The maximum atomic E-state index is 13.2. The zero-order chi connectivity index (χ0) is 21.6. The zero-order valence-electron chi connectivity index (χ0n) is 17.8. The highest BCUT2D eigenvalue weighted by Crippen LogP contribution is 2.26. The Morgan fingerprint density at radius 3 is 2.52 bits per heavy atom. The molecule has 162 valence electrons. The first kappa shape index (κ1) is 21.1. The van der Waals surface area contributed by atoms with Crippen molar-refractivity contribution in [3.05, 3.63) is 71.5 Å². The molecule has 0 bridgehead atoms. The molecule has 1 aliphatic heterocycles. The summed E-state index contributed by atoms with van der Waals surface area (Å²) in [4.78, 5) is 15.5. The second-order valence-corrected chi connectivity index (χ2v) is 7.48. The number of carbonyl (C=O) groups excluding carboxylic acids is 1. The molecule has 1 aromatic heterocycles. The van der Waals surface area contributed by atoms with Crippen LogP contribution in [0.3, 0.4) is 0 Å². The Kier molecular flexibility index (Phi) is 6.64. The van der Waals surface area contributed by atoms with Crippen molar-refractivity contribution in [3.8, 4) is 17.0 Å². The highest BCUT2D eigenvalue weighted by molar-refractivity contribution is 6.00. The normalized spacial score (nSPS) is 15.4. The number of nitrogens with one attached hydrogen (secondary N) is 1. The first-order valence-corrected chi connectivity index (χ1v) is 10.4. The number of hydrogen-bond donors (Lipinski definition) is 1. The molecule has 0 radical (unpaired) electrons. The number of amides is 1. The molecule has 2 heterocycles. The maximum absolute atomic E-state index is 13.2. The molecule has 2 aromatic carbocycles. The largest absolute Gasteiger partial charge is 0.497 e. The molecule has 1 saturated heterocycles. The van der Waals surface area contributed by atoms with E-state index in [4.69, 9.17) is 14.0 Å². The first-order chi connectivity index (χ1) is 15.2. The highest BCUT2D eigenvalue weighted by Gasteiger charge is 2.26. The van der Waals surface area contributed by atoms with Gasteiger partial charge in [0.25, 0.3) is 5.91 Å². The van der Waals surface area contributed by atoms with Gasteiger partial charge in [0.1, 0.15) is 22.8 Å². The van der Waals surface area contributed by atoms with Crippen LogP contribution in [0.4, 0.5) is 0 Å². The number of nitrogens with zero attached hydrogens (tertiary/aromatic N) is 2. The summed E-state index contributed by atoms with van der Waals surface area (Å²) in [5.74, 6) is 1.12. The lowest BCUT2D eigenvalue weighted by Gasteiger charge is -2.35. The quantitative estimate of drug-likeness (QED) is 0.630. The van der Waals surface area contributed by atoms with Crippen molar-refractivity contribution in [2.75, 3.05) is 40.0 Å². The van der Waals surface area contributed by atoms with E-state index in [-0.39, 0.29) is 11.9 Å². The minimum atomic E-state index is -0.190. The van der Waals surface area contributed by atoms with Gasteiger partial charge in [-0.15, -0.1) is 0 Å². The van der Waals surface area contributed by atoms with Crippen LogP contribution in [-0.4, -0.2) is 55.9 Å². The van der Waals surface area contributed by atoms with Crippen LogP contribution >= 0.6 is 0 Å². The molecule has 0 spiro atoms. The van der Waals surface area contributed by atoms with Gasteiger partial charge in [0.15, 0.2) is 0 Å². The van der Waals surface area contributed by atoms with Gasteiger partial charge < -0.3 is 19.3 Å². The van der Waals surface area contributed by atoms with Gasteiger partial charge in [-0.25, -0.2) is 0 Å². The first-order valence-electron chi connectivity index (χ1n) is 10.4. The monoisotopic (exact) mass is 421 g/mol. The lowest BCUT2D eigenvalue weighted by Crippen LogP contribution is -2.43. The van der Waals surface area contributed by atoms with Gasteiger partial charge in [-0.1, -0.05) is 47.6 Å². The third kappa shape index (κ3) is 4.78. The summed E-state index contributed by atoms with van der Waals surface area (Å²) in [5.41, 5.74) is 3.00. The number of ether oxygens (including phenoxy) is 2. The molecular formula is C24H27N3O4. The van der Waals surface area contributed by atoms with Gasteiger partial charge in [0.2, 0.25) is 0 Å². The van der Waals surface area contributed by atoms with E-state index in [2.05, 4.69) is 15.4 Å². The second-order valence-electron chi connectivity index (χ2n) is 7.48. The van der Waals surface area contributed by atoms with Gasteiger partial charge in [0, 0.05) is 25.2 Å². The number of morpholine rings is 1. The van der Waals surface area contributed by atoms with Crippen molar-refractivity contribution in [1.29, 1.82) is 0 Å². The summed E-state index contributed by atoms with van der Waals surface area (Å²) in [7, 11) is 1.65. The smallest absolute Gasteiger partial charge is 0.257 e. The van der Waals surface area contributed by atoms with Gasteiger partial charge >= 0.3 is 0 Å². The van der Waals surface area contributed by atoms with Crippen LogP contribution in [0.15, 0.2) is 59.1 Å². The molecule has 7 nitrogen and oxygen atoms in total. The van der Waals surface area contributed by atoms with E-state index in [1.165, 1.54) is 0 Å². The van der Waals surface area contributed by atoms with E-state index >= 15 is 0 Å². The zero-order valence-corrected chi connectivity index (χ0v) is 17.8. The van der Waals surface area contributed by atoms with Crippen LogP contribution < -0.4 is 10.1 Å². The summed E-state index contributed by atoms with van der Waals surface area (Å²) in [6.07, 6.45) is 0. The molecule has 1 fully saturated rings. The Morgan fingerprint density at radius 1 is 1.13 bits per heavy atom. The average molecular weight is 421 g/mol. The standard InChI is InChI=1S/C24H27N3O4/c1-17-22(23(26-31-17)19-6-4-3-5-7-19)24(28)25-16-21(27-12-14-30-15-13-27)18-8-10-20(29-2)11-9-18/h3-11,21H,12-16H2,1-2H3,(H,25,28)/t21-/m0/s1. The summed E-state index contributed by atoms with van der Waals surface area (Å²) >= 11 is 0. The lowest BCUT2D eigenvalue weighted by atomic mass is 10.0. The molecular weight excluding hydrogens is 394 g/mol. The van der Waals surface area contributed by atoms with Crippen LogP contribution in [0.1, 0.15) is 27.7 Å². The molecule has 1 aliphatic rings. The number of rotatable bonds is 7. The summed E-state index contributed by atoms with van der Waals surface area (Å²) in [6, 6.07) is 17.6. The number of benzene rings is 2. The Labute approximate surface area is 181 Å². The van der Waals surface area contributed by atoms with Gasteiger partial charge in [0.05, 0.1) is 26.4 Å². The fourth-order valence-electron chi connectivity index (χ4n) is 3.88. The Balaban J connectivity index is 1.54. The molecule has 7 heteroatoms. The van der Waals surface area contributed by atoms with Crippen LogP contribution in [-0.2, 0) is 4.74 Å². The topological polar surface area (TPSA) is 76.8 Å². The third-order valence-corrected chi connectivity index (χ3v) is 5.58. The van der Waals surface area contributed by atoms with E-state index in [0.29, 0.717) is 36.8 Å². The molecule has 0 aliphatic carbocycles. The fourth-order valence-corrected chi connectivity index (χ4v) is 3.88. The Bertz CT molecular complexity index is 995. The number of methoxy groups -OCH3 is 1. The predicted octanol–water partition coefficient (Wildman–Crippen LogP) is 3.46. The minimum absolute atomic E-state index is 0.0269. The van der Waals surface area contributed by atoms with Crippen molar-refractivity contribution >= 4 is 5.91 Å². The predicted molar refractivity (Wildman–Crippen MR) is 117 cm³/mol. The molecule has 1 amide bonds. The lowest BCUT2D eigenvalue weighted by molar-refractivity contribution is 0.0162. The molecule has 4 rings (SSSR count). The third-order valence-electron chi connectivity index (χ3n) is 5.58. The van der Waals surface area contributed by atoms with Crippen molar-refractivity contribution in [2.45, 2.75) is 13.0 Å². The van der Waals surface area contributed by atoms with Crippen LogP contribution in [0.25, 0.3) is 11.3 Å². The second kappa shape index (κ2) is 9.76. The van der Waals surface area contributed by atoms with Crippen LogP contribution in [0.2, 0.25) is 0 Å². The van der Waals surface area contributed by atoms with E-state index in [1.54, 1.807) is 14.0 Å². The van der Waals surface area contributed by atoms with Crippen LogP contribution in [0.5, 0.6) is 5.75 Å². The van der Waals surface area contributed by atoms with Crippen molar-refractivity contribution in [1.82, 2.24) is 15.4 Å². The van der Waals surface area contributed by atoms with Crippen molar-refractivity contribution in [2.24, 2.45) is 0 Å². The van der Waals surface area contributed by atoms with Gasteiger partial charge in [-0.2, -0.15) is 0 Å². The molecule has 3 aromatic rings. The summed E-state index contributed by atoms with van der Waals surface area (Å²) in [5, 5.41) is 7.23. The molecule has 1 N–H and O–H groups in total. The van der Waals surface area contributed by atoms with E-state index in [9.17, 15) is 4.79 Å². The summed E-state index contributed by atoms with van der Waals surface area (Å²) in [6.45, 7) is 5.22. The minimum Gasteiger partial charge on any atom is -0.497 e. The fraction of sp³-hybridized carbons (Fsp3) is 0.333. The Hall–Kier alpha value is -3.16. The Morgan fingerprint density at radius 2 is 1.84 bits per heavy atom. The molecule has 31 heavy (non-hydrogen) atoms. The van der Waals surface area contributed by atoms with Crippen molar-refractivity contribution < 1.29 is 18.8 Å². The number of carbonyl (C=O) groups is 1. The SMILES string of the molecule is COc1ccc([C@H](CNC(=O)c2c(-c3ccccc3)noc2C)N2CCOCC2)cc1. The van der Waals surface area contributed by atoms with Gasteiger partial charge in [-0.05, 0) is 24.6 Å². The van der Waals surface area contributed by atoms with Gasteiger partial charge in [-0.3, -0.25) is 9.69 Å². The van der Waals surface area contributed by atoms with Crippen molar-refractivity contribution in [3.63, 3.8) is 0 Å². The van der Waals surface area contributed by atoms with E-state index in [0.717, 1.165) is 30.0 Å². The summed E-state index contributed by atoms with van der Waals surface area (Å²) < 4.78 is 16.2. The average Bonchev–Trinajstić information content (AvgIpc) is 3.22. The number of aryl methyl sites for hydroxylation is 1. The van der Waals surface area contributed by atoms with E-state index in [1.807, 2.05) is 54.6 Å². The number of aromatic nitrogens is 1. The maximum Gasteiger partial charge on any atom is 0.257 e. The van der Waals surface area contributed by atoms with E-state index < -0.39 is 0 Å². The molecule has 0 saturated carbocycles.